The number of hydrogen-bond acceptors (Lipinski definition) is 0. The summed E-state index contributed by atoms with van der Waals surface area (Å²) in [7, 11) is 0. The highest BCUT2D eigenvalue weighted by Crippen LogP contribution is 2.26. The van der Waals surface area contributed by atoms with Crippen LogP contribution in [0.4, 0.5) is 0 Å². The zero-order valence-electron chi connectivity index (χ0n) is 7.24. The molecule has 0 N–H and O–H groups in total. The summed E-state index contributed by atoms with van der Waals surface area (Å²) in [6.45, 7) is 5.17. The van der Waals surface area contributed by atoms with Crippen LogP contribution in [0, 0.1) is 0 Å². The standard InChI is InChI=1S/C11H14N/c1-12-9-5-8-11(12)10-6-3-2-4-7-10/h2-4,6-7,11H,1,5,8-9H2/q+1. The Morgan fingerprint density at radius 3 is 2.58 bits per heavy atom. The van der Waals surface area contributed by atoms with Crippen molar-refractivity contribution in [2.24, 2.45) is 0 Å². The zero-order chi connectivity index (χ0) is 8.39. The van der Waals surface area contributed by atoms with Crippen LogP contribution in [-0.2, 0) is 0 Å². The molecule has 0 saturated carbocycles. The van der Waals surface area contributed by atoms with Crippen LogP contribution in [0.25, 0.3) is 0 Å². The van der Waals surface area contributed by atoms with Gasteiger partial charge in [0.05, 0.1) is 0 Å². The van der Waals surface area contributed by atoms with Crippen molar-refractivity contribution in [3.8, 4) is 0 Å². The Kier molecular flexibility index (Phi) is 1.94. The van der Waals surface area contributed by atoms with Crippen molar-refractivity contribution in [1.82, 2.24) is 0 Å². The molecule has 0 radical (unpaired) electrons. The first-order valence-corrected chi connectivity index (χ1v) is 4.50. The highest BCUT2D eigenvalue weighted by atomic mass is 15.0. The van der Waals surface area contributed by atoms with E-state index in [0.29, 0.717) is 6.04 Å². The largest absolute Gasteiger partial charge is 0.235 e. The normalized spacial score (nSPS) is 23.0. The van der Waals surface area contributed by atoms with Gasteiger partial charge in [0.15, 0.2) is 6.04 Å². The van der Waals surface area contributed by atoms with E-state index < -0.39 is 0 Å². The molecule has 0 bridgehead atoms. The summed E-state index contributed by atoms with van der Waals surface area (Å²) in [5, 5.41) is 0. The molecule has 1 aliphatic rings. The molecule has 0 aliphatic carbocycles. The highest BCUT2D eigenvalue weighted by Gasteiger charge is 2.26. The van der Waals surface area contributed by atoms with Gasteiger partial charge in [-0.15, -0.1) is 0 Å². The van der Waals surface area contributed by atoms with E-state index in [1.165, 1.54) is 18.4 Å². The lowest BCUT2D eigenvalue weighted by Gasteiger charge is -2.05. The van der Waals surface area contributed by atoms with Gasteiger partial charge in [0.1, 0.15) is 13.3 Å². The van der Waals surface area contributed by atoms with Crippen molar-refractivity contribution in [3.63, 3.8) is 0 Å². The fourth-order valence-corrected chi connectivity index (χ4v) is 1.88. The molecule has 12 heavy (non-hydrogen) atoms. The van der Waals surface area contributed by atoms with E-state index in [1.54, 1.807) is 0 Å². The predicted octanol–water partition coefficient (Wildman–Crippen LogP) is 2.23. The van der Waals surface area contributed by atoms with Crippen molar-refractivity contribution < 1.29 is 4.58 Å². The van der Waals surface area contributed by atoms with Crippen LogP contribution in [0.2, 0.25) is 0 Å². The Balaban J connectivity index is 2.25. The average molecular weight is 160 g/mol. The average Bonchev–Trinajstić information content (AvgIpc) is 2.53. The van der Waals surface area contributed by atoms with Crippen molar-refractivity contribution in [2.45, 2.75) is 18.9 Å². The Morgan fingerprint density at radius 1 is 1.25 bits per heavy atom. The fourth-order valence-electron chi connectivity index (χ4n) is 1.88. The molecule has 1 aromatic carbocycles. The van der Waals surface area contributed by atoms with Crippen LogP contribution in [0.1, 0.15) is 24.4 Å². The Bertz CT molecular complexity index is 276. The van der Waals surface area contributed by atoms with Crippen molar-refractivity contribution >= 4 is 6.72 Å². The minimum absolute atomic E-state index is 0.561. The smallest absolute Gasteiger partial charge is 0.177 e. The number of rotatable bonds is 1. The first-order valence-electron chi connectivity index (χ1n) is 4.50. The third-order valence-electron chi connectivity index (χ3n) is 2.55. The molecule has 1 fully saturated rings. The van der Waals surface area contributed by atoms with Gasteiger partial charge in [-0.2, -0.15) is 0 Å². The second-order valence-electron chi connectivity index (χ2n) is 3.38. The first-order chi connectivity index (χ1) is 5.88. The van der Waals surface area contributed by atoms with Gasteiger partial charge in [-0.05, 0) is 0 Å². The molecule has 1 heterocycles. The van der Waals surface area contributed by atoms with E-state index in [1.807, 2.05) is 0 Å². The minimum Gasteiger partial charge on any atom is -0.235 e. The van der Waals surface area contributed by atoms with E-state index in [2.05, 4.69) is 41.6 Å². The molecular formula is C11H14N+. The molecular weight excluding hydrogens is 146 g/mol. The van der Waals surface area contributed by atoms with E-state index in [-0.39, 0.29) is 0 Å². The molecule has 1 aromatic rings. The SMILES string of the molecule is C=[N+]1CCCC1c1ccccc1. The summed E-state index contributed by atoms with van der Waals surface area (Å²) in [5.41, 5.74) is 1.41. The lowest BCUT2D eigenvalue weighted by Crippen LogP contribution is -2.08. The van der Waals surface area contributed by atoms with Crippen molar-refractivity contribution in [3.05, 3.63) is 35.9 Å². The van der Waals surface area contributed by atoms with Gasteiger partial charge >= 0.3 is 0 Å². The van der Waals surface area contributed by atoms with E-state index in [4.69, 9.17) is 0 Å². The van der Waals surface area contributed by atoms with Crippen molar-refractivity contribution in [1.29, 1.82) is 0 Å². The summed E-state index contributed by atoms with van der Waals surface area (Å²) in [4.78, 5) is 0. The maximum Gasteiger partial charge on any atom is 0.177 e. The van der Waals surface area contributed by atoms with E-state index >= 15 is 0 Å². The molecule has 1 nitrogen and oxygen atoms in total. The van der Waals surface area contributed by atoms with E-state index in [9.17, 15) is 0 Å². The van der Waals surface area contributed by atoms with Crippen LogP contribution in [0.5, 0.6) is 0 Å². The highest BCUT2D eigenvalue weighted by molar-refractivity contribution is 5.21. The second-order valence-corrected chi connectivity index (χ2v) is 3.38. The summed E-state index contributed by atoms with van der Waals surface area (Å²) in [6.07, 6.45) is 2.54. The topological polar surface area (TPSA) is 3.01 Å². The number of nitrogens with zero attached hydrogens (tertiary/aromatic N) is 1. The molecule has 0 amide bonds. The molecule has 0 spiro atoms. The van der Waals surface area contributed by atoms with Gasteiger partial charge in [0, 0.05) is 18.4 Å². The maximum atomic E-state index is 4.03. The third-order valence-corrected chi connectivity index (χ3v) is 2.55. The van der Waals surface area contributed by atoms with Crippen molar-refractivity contribution in [2.75, 3.05) is 6.54 Å². The summed E-state index contributed by atoms with van der Waals surface area (Å²) in [6, 6.07) is 11.2. The third kappa shape index (κ3) is 1.27. The molecule has 62 valence electrons. The molecule has 1 aliphatic heterocycles. The lowest BCUT2D eigenvalue weighted by molar-refractivity contribution is -0.541. The van der Waals surface area contributed by atoms with Gasteiger partial charge in [0.2, 0.25) is 0 Å². The number of benzene rings is 1. The zero-order valence-corrected chi connectivity index (χ0v) is 7.24. The molecule has 0 aromatic heterocycles. The quantitative estimate of drug-likeness (QED) is 0.554. The van der Waals surface area contributed by atoms with Gasteiger partial charge < -0.3 is 0 Å². The molecule has 1 saturated heterocycles. The first kappa shape index (κ1) is 7.53. The van der Waals surface area contributed by atoms with Crippen LogP contribution in [-0.4, -0.2) is 17.8 Å². The fraction of sp³-hybridized carbons (Fsp3) is 0.364. The monoisotopic (exact) mass is 160 g/mol. The molecule has 2 rings (SSSR count). The molecule has 1 unspecified atom stereocenters. The molecule has 1 heteroatoms. The summed E-state index contributed by atoms with van der Waals surface area (Å²) < 4.78 is 2.19. The Hall–Kier alpha value is -1.11. The predicted molar refractivity (Wildman–Crippen MR) is 50.7 cm³/mol. The van der Waals surface area contributed by atoms with Crippen LogP contribution in [0.15, 0.2) is 30.3 Å². The van der Waals surface area contributed by atoms with Crippen LogP contribution >= 0.6 is 0 Å². The van der Waals surface area contributed by atoms with Gasteiger partial charge in [-0.1, -0.05) is 30.3 Å². The Morgan fingerprint density at radius 2 is 2.00 bits per heavy atom. The van der Waals surface area contributed by atoms with E-state index in [0.717, 1.165) is 6.54 Å². The Labute approximate surface area is 73.4 Å². The summed E-state index contributed by atoms with van der Waals surface area (Å²) in [5.74, 6) is 0. The second kappa shape index (κ2) is 3.10. The minimum atomic E-state index is 0.561. The lowest BCUT2D eigenvalue weighted by atomic mass is 10.1. The van der Waals surface area contributed by atoms with Crippen LogP contribution in [0.3, 0.4) is 0 Å². The molecule has 1 atom stereocenters. The van der Waals surface area contributed by atoms with Gasteiger partial charge in [0.25, 0.3) is 0 Å². The number of hydrogen-bond donors (Lipinski definition) is 0. The summed E-state index contributed by atoms with van der Waals surface area (Å²) >= 11 is 0. The van der Waals surface area contributed by atoms with Crippen LogP contribution < -0.4 is 0 Å². The van der Waals surface area contributed by atoms with Gasteiger partial charge in [-0.25, -0.2) is 4.58 Å². The van der Waals surface area contributed by atoms with Gasteiger partial charge in [-0.3, -0.25) is 0 Å². The maximum absolute atomic E-state index is 4.03.